The van der Waals surface area contributed by atoms with Crippen LogP contribution < -0.4 is 10.6 Å². The van der Waals surface area contributed by atoms with Gasteiger partial charge in [-0.05, 0) is 57.1 Å². The van der Waals surface area contributed by atoms with E-state index in [9.17, 15) is 9.59 Å². The number of benzene rings is 1. The molecular weight excluding hydrogens is 302 g/mol. The van der Waals surface area contributed by atoms with Gasteiger partial charge in [0.2, 0.25) is 5.91 Å². The van der Waals surface area contributed by atoms with Crippen LogP contribution in [0.1, 0.15) is 44.2 Å². The molecule has 130 valence electrons. The molecule has 1 aliphatic heterocycles. The van der Waals surface area contributed by atoms with Crippen molar-refractivity contribution in [3.8, 4) is 0 Å². The van der Waals surface area contributed by atoms with Crippen molar-refractivity contribution in [2.45, 2.75) is 64.1 Å². The molecule has 24 heavy (non-hydrogen) atoms. The lowest BCUT2D eigenvalue weighted by atomic mass is 10.0. The molecule has 2 N–H and O–H groups in total. The van der Waals surface area contributed by atoms with Gasteiger partial charge in [-0.15, -0.1) is 0 Å². The van der Waals surface area contributed by atoms with E-state index in [1.54, 1.807) is 6.92 Å². The number of hydrogen-bond acceptors (Lipinski definition) is 2. The van der Waals surface area contributed by atoms with Crippen molar-refractivity contribution in [2.24, 2.45) is 0 Å². The quantitative estimate of drug-likeness (QED) is 0.893. The first kappa shape index (κ1) is 16.8. The van der Waals surface area contributed by atoms with E-state index in [1.807, 2.05) is 17.0 Å². The number of likely N-dealkylation sites (tertiary alicyclic amines) is 1. The first-order chi connectivity index (χ1) is 11.5. The van der Waals surface area contributed by atoms with Crippen LogP contribution in [0, 0.1) is 0 Å². The lowest BCUT2D eigenvalue weighted by molar-refractivity contribution is -0.136. The van der Waals surface area contributed by atoms with Crippen LogP contribution in [-0.2, 0) is 17.6 Å². The van der Waals surface area contributed by atoms with Gasteiger partial charge in [0, 0.05) is 18.6 Å². The molecule has 1 aliphatic carbocycles. The maximum atomic E-state index is 12.5. The summed E-state index contributed by atoms with van der Waals surface area (Å²) in [6, 6.07) is 7.91. The average molecular weight is 329 g/mol. The van der Waals surface area contributed by atoms with Crippen LogP contribution in [-0.4, -0.2) is 41.5 Å². The summed E-state index contributed by atoms with van der Waals surface area (Å²) >= 11 is 0. The van der Waals surface area contributed by atoms with E-state index in [0.29, 0.717) is 0 Å². The molecule has 0 radical (unpaired) electrons. The van der Waals surface area contributed by atoms with Gasteiger partial charge in [-0.3, -0.25) is 4.79 Å². The second kappa shape index (κ2) is 7.24. The van der Waals surface area contributed by atoms with Crippen LogP contribution in [0.25, 0.3) is 0 Å². The van der Waals surface area contributed by atoms with Crippen LogP contribution in [0.2, 0.25) is 0 Å². The molecule has 2 unspecified atom stereocenters. The fraction of sp³-hybridized carbons (Fsp3) is 0.579. The Morgan fingerprint density at radius 2 is 1.83 bits per heavy atom. The summed E-state index contributed by atoms with van der Waals surface area (Å²) in [6.07, 6.45) is 4.99. The lowest BCUT2D eigenvalue weighted by Crippen LogP contribution is -2.54. The second-order valence-electron chi connectivity index (χ2n) is 7.09. The number of carbonyl (C=O) groups is 2. The Morgan fingerprint density at radius 3 is 2.46 bits per heavy atom. The van der Waals surface area contributed by atoms with E-state index in [-0.39, 0.29) is 24.0 Å². The summed E-state index contributed by atoms with van der Waals surface area (Å²) < 4.78 is 0. The summed E-state index contributed by atoms with van der Waals surface area (Å²) in [7, 11) is 0. The molecule has 0 spiro atoms. The molecule has 0 saturated carbocycles. The third-order valence-electron chi connectivity index (χ3n) is 5.19. The van der Waals surface area contributed by atoms with Crippen LogP contribution in [0.5, 0.6) is 0 Å². The lowest BCUT2D eigenvalue weighted by Gasteiger charge is -2.35. The van der Waals surface area contributed by atoms with Crippen molar-refractivity contribution in [2.75, 3.05) is 6.54 Å². The minimum atomic E-state index is -0.491. The molecule has 1 aromatic rings. The van der Waals surface area contributed by atoms with Crippen molar-refractivity contribution in [3.63, 3.8) is 0 Å². The van der Waals surface area contributed by atoms with Crippen molar-refractivity contribution in [3.05, 3.63) is 35.4 Å². The molecule has 1 aromatic carbocycles. The molecule has 2 atom stereocenters. The fourth-order valence-corrected chi connectivity index (χ4v) is 3.82. The summed E-state index contributed by atoms with van der Waals surface area (Å²) in [4.78, 5) is 26.7. The number of nitrogens with zero attached hydrogens (tertiary/aromatic N) is 1. The highest BCUT2D eigenvalue weighted by Crippen LogP contribution is 2.21. The summed E-state index contributed by atoms with van der Waals surface area (Å²) in [5.74, 6) is 0.0204. The minimum Gasteiger partial charge on any atom is -0.338 e. The molecule has 0 aromatic heterocycles. The predicted molar refractivity (Wildman–Crippen MR) is 93.8 cm³/mol. The monoisotopic (exact) mass is 329 g/mol. The van der Waals surface area contributed by atoms with E-state index in [1.165, 1.54) is 17.5 Å². The Bertz CT molecular complexity index is 591. The molecular formula is C19H27N3O2. The molecule has 5 heteroatoms. The number of rotatable bonds is 3. The summed E-state index contributed by atoms with van der Waals surface area (Å²) in [5.41, 5.74) is 2.60. The molecule has 1 saturated heterocycles. The first-order valence-electron chi connectivity index (χ1n) is 8.99. The predicted octanol–water partition coefficient (Wildman–Crippen LogP) is 2.24. The smallest absolute Gasteiger partial charge is 0.315 e. The number of nitrogens with one attached hydrogen (secondary N) is 2. The Balaban J connectivity index is 1.49. The van der Waals surface area contributed by atoms with Crippen molar-refractivity contribution < 1.29 is 9.59 Å². The van der Waals surface area contributed by atoms with Gasteiger partial charge in [0.1, 0.15) is 6.04 Å². The van der Waals surface area contributed by atoms with Gasteiger partial charge < -0.3 is 15.5 Å². The minimum absolute atomic E-state index is 0.0204. The second-order valence-corrected chi connectivity index (χ2v) is 7.09. The molecule has 1 fully saturated rings. The highest BCUT2D eigenvalue weighted by molar-refractivity contribution is 5.87. The number of carbonyl (C=O) groups excluding carboxylic acids is 2. The maximum Gasteiger partial charge on any atom is 0.315 e. The molecule has 5 nitrogen and oxygen atoms in total. The Hall–Kier alpha value is -2.04. The van der Waals surface area contributed by atoms with Crippen LogP contribution in [0.4, 0.5) is 4.79 Å². The molecule has 3 rings (SSSR count). The number of fused-ring (bicyclic) bond motifs is 1. The van der Waals surface area contributed by atoms with E-state index in [0.717, 1.165) is 32.2 Å². The van der Waals surface area contributed by atoms with Gasteiger partial charge in [0.25, 0.3) is 0 Å². The van der Waals surface area contributed by atoms with Gasteiger partial charge in [-0.2, -0.15) is 0 Å². The number of amides is 3. The van der Waals surface area contributed by atoms with E-state index in [2.05, 4.69) is 29.7 Å². The zero-order valence-corrected chi connectivity index (χ0v) is 14.5. The van der Waals surface area contributed by atoms with Gasteiger partial charge in [0.05, 0.1) is 0 Å². The van der Waals surface area contributed by atoms with Crippen LogP contribution in [0.3, 0.4) is 0 Å². The topological polar surface area (TPSA) is 61.4 Å². The van der Waals surface area contributed by atoms with Crippen LogP contribution >= 0.6 is 0 Å². The van der Waals surface area contributed by atoms with E-state index >= 15 is 0 Å². The highest BCUT2D eigenvalue weighted by atomic mass is 16.2. The van der Waals surface area contributed by atoms with Gasteiger partial charge >= 0.3 is 6.03 Å². The maximum absolute atomic E-state index is 12.5. The third-order valence-corrected chi connectivity index (χ3v) is 5.19. The molecule has 0 bridgehead atoms. The standard InChI is InChI=1S/C19H27N3O2/c1-13-7-5-6-10-22(13)18(23)14(2)20-19(24)21-17-11-15-8-3-4-9-16(15)12-17/h3-4,8-9,13-14,17H,5-7,10-12H2,1-2H3,(H2,20,21,24). The van der Waals surface area contributed by atoms with Gasteiger partial charge in [0.15, 0.2) is 0 Å². The molecule has 3 amide bonds. The third kappa shape index (κ3) is 3.71. The zero-order chi connectivity index (χ0) is 17.1. The average Bonchev–Trinajstić information content (AvgIpc) is 2.96. The van der Waals surface area contributed by atoms with Crippen molar-refractivity contribution in [1.82, 2.24) is 15.5 Å². The Morgan fingerprint density at radius 1 is 1.17 bits per heavy atom. The number of hydrogen-bond donors (Lipinski definition) is 2. The molecule has 2 aliphatic rings. The van der Waals surface area contributed by atoms with E-state index < -0.39 is 6.04 Å². The van der Waals surface area contributed by atoms with Gasteiger partial charge in [-0.25, -0.2) is 4.79 Å². The Kier molecular flexibility index (Phi) is 5.07. The Labute approximate surface area is 143 Å². The summed E-state index contributed by atoms with van der Waals surface area (Å²) in [6.45, 7) is 4.65. The van der Waals surface area contributed by atoms with E-state index in [4.69, 9.17) is 0 Å². The number of urea groups is 1. The zero-order valence-electron chi connectivity index (χ0n) is 14.5. The normalized spacial score (nSPS) is 21.9. The highest BCUT2D eigenvalue weighted by Gasteiger charge is 2.29. The number of piperidine rings is 1. The SMILES string of the molecule is CC(NC(=O)NC1Cc2ccccc2C1)C(=O)N1CCCCC1C. The van der Waals surface area contributed by atoms with Crippen molar-refractivity contribution in [1.29, 1.82) is 0 Å². The van der Waals surface area contributed by atoms with Gasteiger partial charge in [-0.1, -0.05) is 24.3 Å². The fourth-order valence-electron chi connectivity index (χ4n) is 3.82. The first-order valence-corrected chi connectivity index (χ1v) is 8.99. The largest absolute Gasteiger partial charge is 0.338 e. The van der Waals surface area contributed by atoms with Crippen LogP contribution in [0.15, 0.2) is 24.3 Å². The molecule has 1 heterocycles. The summed E-state index contributed by atoms with van der Waals surface area (Å²) in [5, 5.41) is 5.81. The van der Waals surface area contributed by atoms with Crippen molar-refractivity contribution >= 4 is 11.9 Å².